The smallest absolute Gasteiger partial charge is 0.284 e. The number of nitro benzene ring substituents is 1. The van der Waals surface area contributed by atoms with Crippen molar-refractivity contribution in [3.8, 4) is 0 Å². The van der Waals surface area contributed by atoms with Gasteiger partial charge in [0.05, 0.1) is 27.4 Å². The minimum Gasteiger partial charge on any atom is -0.319 e. The van der Waals surface area contributed by atoms with Crippen LogP contribution in [0.1, 0.15) is 10.4 Å². The van der Waals surface area contributed by atoms with Crippen LogP contribution in [0.15, 0.2) is 41.1 Å². The Morgan fingerprint density at radius 2 is 2.15 bits per heavy atom. The molecule has 0 radical (unpaired) electrons. The Labute approximate surface area is 127 Å². The van der Waals surface area contributed by atoms with Crippen LogP contribution >= 0.6 is 27.5 Å². The first-order chi connectivity index (χ1) is 9.50. The van der Waals surface area contributed by atoms with Gasteiger partial charge in [-0.05, 0) is 28.1 Å². The molecule has 102 valence electrons. The van der Waals surface area contributed by atoms with E-state index < -0.39 is 10.8 Å². The summed E-state index contributed by atoms with van der Waals surface area (Å²) in [6.07, 6.45) is 2.88. The normalized spacial score (nSPS) is 10.1. The van der Waals surface area contributed by atoms with Crippen molar-refractivity contribution in [3.63, 3.8) is 0 Å². The fourth-order valence-electron chi connectivity index (χ4n) is 1.50. The van der Waals surface area contributed by atoms with Gasteiger partial charge >= 0.3 is 0 Å². The first kappa shape index (κ1) is 14.4. The van der Waals surface area contributed by atoms with Gasteiger partial charge in [0.15, 0.2) is 0 Å². The third-order valence-corrected chi connectivity index (χ3v) is 3.60. The molecule has 20 heavy (non-hydrogen) atoms. The number of carbonyl (C=O) groups excluding carboxylic acids is 1. The summed E-state index contributed by atoms with van der Waals surface area (Å²) in [4.78, 5) is 26.2. The lowest BCUT2D eigenvalue weighted by molar-refractivity contribution is -0.385. The van der Waals surface area contributed by atoms with Crippen molar-refractivity contribution in [2.45, 2.75) is 0 Å². The molecule has 1 amide bonds. The topological polar surface area (TPSA) is 85.1 Å². The molecular weight excluding hydrogens is 350 g/mol. The maximum absolute atomic E-state index is 12.1. The molecule has 0 atom stereocenters. The summed E-state index contributed by atoms with van der Waals surface area (Å²) in [6.45, 7) is 0. The van der Waals surface area contributed by atoms with E-state index in [1.807, 2.05) is 0 Å². The van der Waals surface area contributed by atoms with Crippen LogP contribution in [0.4, 0.5) is 11.4 Å². The van der Waals surface area contributed by atoms with Gasteiger partial charge in [-0.15, -0.1) is 0 Å². The summed E-state index contributed by atoms with van der Waals surface area (Å²) in [5.74, 6) is -0.518. The van der Waals surface area contributed by atoms with Crippen LogP contribution in [0.5, 0.6) is 0 Å². The number of aromatic nitrogens is 1. The Balaban J connectivity index is 2.33. The minimum atomic E-state index is -0.572. The predicted octanol–water partition coefficient (Wildman–Crippen LogP) is 3.66. The minimum absolute atomic E-state index is 0.113. The van der Waals surface area contributed by atoms with Gasteiger partial charge in [-0.2, -0.15) is 0 Å². The van der Waals surface area contributed by atoms with Gasteiger partial charge < -0.3 is 5.32 Å². The molecule has 0 aliphatic carbocycles. The summed E-state index contributed by atoms with van der Waals surface area (Å²) >= 11 is 8.97. The first-order valence-corrected chi connectivity index (χ1v) is 6.51. The number of benzene rings is 1. The zero-order valence-electron chi connectivity index (χ0n) is 9.84. The Morgan fingerprint density at radius 3 is 2.80 bits per heavy atom. The highest BCUT2D eigenvalue weighted by Crippen LogP contribution is 2.29. The Bertz CT molecular complexity index is 693. The molecule has 2 aromatic rings. The van der Waals surface area contributed by atoms with Crippen molar-refractivity contribution in [2.24, 2.45) is 0 Å². The van der Waals surface area contributed by atoms with Crippen molar-refractivity contribution >= 4 is 44.8 Å². The van der Waals surface area contributed by atoms with Crippen LogP contribution in [-0.2, 0) is 0 Å². The number of nitrogens with one attached hydrogen (secondary N) is 1. The summed E-state index contributed by atoms with van der Waals surface area (Å²) < 4.78 is 0.113. The third-order valence-electron chi connectivity index (χ3n) is 2.44. The second kappa shape index (κ2) is 5.98. The number of nitro groups is 1. The van der Waals surface area contributed by atoms with Crippen LogP contribution in [0.3, 0.4) is 0 Å². The number of halogens is 2. The number of hydrogen-bond acceptors (Lipinski definition) is 4. The van der Waals surface area contributed by atoms with Crippen molar-refractivity contribution in [1.82, 2.24) is 4.98 Å². The fraction of sp³-hybridized carbons (Fsp3) is 0. The molecular formula is C12H7BrClN3O3. The van der Waals surface area contributed by atoms with Crippen LogP contribution in [0.25, 0.3) is 0 Å². The van der Waals surface area contributed by atoms with E-state index in [1.54, 1.807) is 0 Å². The highest BCUT2D eigenvalue weighted by Gasteiger charge is 2.19. The number of rotatable bonds is 3. The molecule has 1 N–H and O–H groups in total. The van der Waals surface area contributed by atoms with Crippen molar-refractivity contribution in [2.75, 3.05) is 5.32 Å². The standard InChI is InChI=1S/C12H7BrClN3O3/c13-11-7(2-1-3-10(11)17(19)20)12(18)16-9-6-15-5-4-8(9)14/h1-6H,(H,16,18). The molecule has 0 aliphatic heterocycles. The lowest BCUT2D eigenvalue weighted by atomic mass is 10.2. The lowest BCUT2D eigenvalue weighted by Crippen LogP contribution is -2.13. The zero-order valence-corrected chi connectivity index (χ0v) is 12.2. The SMILES string of the molecule is O=C(Nc1cnccc1Cl)c1cccc([N+](=O)[O-])c1Br. The molecule has 8 heteroatoms. The van der Waals surface area contributed by atoms with Crippen LogP contribution in [0, 0.1) is 10.1 Å². The molecule has 0 saturated heterocycles. The number of amides is 1. The van der Waals surface area contributed by atoms with Crippen molar-refractivity contribution in [3.05, 3.63) is 61.8 Å². The fourth-order valence-corrected chi connectivity index (χ4v) is 2.24. The van der Waals surface area contributed by atoms with E-state index in [0.717, 1.165) is 0 Å². The lowest BCUT2D eigenvalue weighted by Gasteiger charge is -2.08. The molecule has 0 unspecified atom stereocenters. The van der Waals surface area contributed by atoms with Crippen LogP contribution < -0.4 is 5.32 Å². The first-order valence-electron chi connectivity index (χ1n) is 5.34. The van der Waals surface area contributed by atoms with Gasteiger partial charge in [0.25, 0.3) is 11.6 Å². The largest absolute Gasteiger partial charge is 0.319 e. The quantitative estimate of drug-likeness (QED) is 0.672. The highest BCUT2D eigenvalue weighted by atomic mass is 79.9. The van der Waals surface area contributed by atoms with Crippen LogP contribution in [0.2, 0.25) is 5.02 Å². The van der Waals surface area contributed by atoms with E-state index in [4.69, 9.17) is 11.6 Å². The van der Waals surface area contributed by atoms with Gasteiger partial charge in [-0.1, -0.05) is 17.7 Å². The Hall–Kier alpha value is -1.99. The maximum atomic E-state index is 12.1. The summed E-state index contributed by atoms with van der Waals surface area (Å²) in [5.41, 5.74) is 0.284. The number of pyridine rings is 1. The van der Waals surface area contributed by atoms with Gasteiger partial charge in [0, 0.05) is 12.3 Å². The van der Waals surface area contributed by atoms with Gasteiger partial charge in [-0.3, -0.25) is 19.9 Å². The Kier molecular flexibility index (Phi) is 4.31. The zero-order chi connectivity index (χ0) is 14.7. The number of hydrogen-bond donors (Lipinski definition) is 1. The summed E-state index contributed by atoms with van der Waals surface area (Å²) in [6, 6.07) is 5.73. The molecule has 0 bridgehead atoms. The molecule has 1 heterocycles. The number of nitrogens with zero attached hydrogens (tertiary/aromatic N) is 2. The predicted molar refractivity (Wildman–Crippen MR) is 78.0 cm³/mol. The second-order valence-corrected chi connectivity index (χ2v) is 4.91. The number of carbonyl (C=O) groups is 1. The van der Waals surface area contributed by atoms with E-state index in [-0.39, 0.29) is 15.7 Å². The van der Waals surface area contributed by atoms with Crippen molar-refractivity contribution < 1.29 is 9.72 Å². The number of anilines is 1. The maximum Gasteiger partial charge on any atom is 0.284 e. The molecule has 1 aromatic heterocycles. The molecule has 0 aliphatic rings. The van der Waals surface area contributed by atoms with Gasteiger partial charge in [0.1, 0.15) is 4.47 Å². The van der Waals surface area contributed by atoms with Crippen LogP contribution in [-0.4, -0.2) is 15.8 Å². The molecule has 2 rings (SSSR count). The van der Waals surface area contributed by atoms with Gasteiger partial charge in [0.2, 0.25) is 0 Å². The van der Waals surface area contributed by atoms with E-state index in [0.29, 0.717) is 10.7 Å². The van der Waals surface area contributed by atoms with E-state index in [9.17, 15) is 14.9 Å². The van der Waals surface area contributed by atoms with E-state index in [1.165, 1.54) is 36.7 Å². The average Bonchev–Trinajstić information content (AvgIpc) is 2.41. The van der Waals surface area contributed by atoms with Crippen molar-refractivity contribution in [1.29, 1.82) is 0 Å². The molecule has 0 saturated carbocycles. The summed E-state index contributed by atoms with van der Waals surface area (Å²) in [5, 5.41) is 13.7. The third kappa shape index (κ3) is 2.94. The molecule has 0 spiro atoms. The monoisotopic (exact) mass is 355 g/mol. The second-order valence-electron chi connectivity index (χ2n) is 3.71. The Morgan fingerprint density at radius 1 is 1.40 bits per heavy atom. The molecule has 0 fully saturated rings. The average molecular weight is 357 g/mol. The van der Waals surface area contributed by atoms with E-state index >= 15 is 0 Å². The highest BCUT2D eigenvalue weighted by molar-refractivity contribution is 9.10. The molecule has 1 aromatic carbocycles. The molecule has 6 nitrogen and oxygen atoms in total. The van der Waals surface area contributed by atoms with Gasteiger partial charge in [-0.25, -0.2) is 0 Å². The summed E-state index contributed by atoms with van der Waals surface area (Å²) in [7, 11) is 0. The van der Waals surface area contributed by atoms with E-state index in [2.05, 4.69) is 26.2 Å².